The van der Waals surface area contributed by atoms with Crippen LogP contribution in [0.5, 0.6) is 0 Å². The fourth-order valence-corrected chi connectivity index (χ4v) is 3.83. The van der Waals surface area contributed by atoms with Crippen LogP contribution < -0.4 is 10.5 Å². The van der Waals surface area contributed by atoms with Gasteiger partial charge in [-0.2, -0.15) is 5.26 Å². The molecule has 0 heterocycles. The molecule has 1 rings (SSSR count). The number of nitrogens with one attached hydrogen (secondary N) is 1. The first kappa shape index (κ1) is 16.6. The molecule has 110 valence electrons. The standard InChI is InChI=1S/C14H21N3O2S/c1-11(2)8-14(3,10-16)17-20(18,19)13-7-5-4-6-12(13)9-15/h4-7,11,17H,8,10,16H2,1-3H3. The summed E-state index contributed by atoms with van der Waals surface area (Å²) in [5.41, 5.74) is 5.12. The Morgan fingerprint density at radius 2 is 2.00 bits per heavy atom. The van der Waals surface area contributed by atoms with Gasteiger partial charge in [-0.25, -0.2) is 13.1 Å². The molecule has 1 aromatic rings. The molecule has 1 aromatic carbocycles. The average molecular weight is 295 g/mol. The van der Waals surface area contributed by atoms with Gasteiger partial charge in [0.15, 0.2) is 0 Å². The average Bonchev–Trinajstić information content (AvgIpc) is 2.37. The maximum Gasteiger partial charge on any atom is 0.242 e. The smallest absolute Gasteiger partial charge is 0.242 e. The normalized spacial score (nSPS) is 14.8. The van der Waals surface area contributed by atoms with Crippen molar-refractivity contribution in [1.82, 2.24) is 4.72 Å². The van der Waals surface area contributed by atoms with E-state index in [1.54, 1.807) is 19.1 Å². The second-order valence-corrected chi connectivity index (χ2v) is 7.23. The quantitative estimate of drug-likeness (QED) is 0.833. The Bertz CT molecular complexity index is 605. The third kappa shape index (κ3) is 4.04. The van der Waals surface area contributed by atoms with Gasteiger partial charge in [-0.15, -0.1) is 0 Å². The maximum atomic E-state index is 12.5. The van der Waals surface area contributed by atoms with E-state index in [4.69, 9.17) is 11.0 Å². The van der Waals surface area contributed by atoms with Crippen LogP contribution >= 0.6 is 0 Å². The fraction of sp³-hybridized carbons (Fsp3) is 0.500. The van der Waals surface area contributed by atoms with Crippen molar-refractivity contribution in [2.24, 2.45) is 11.7 Å². The van der Waals surface area contributed by atoms with E-state index in [0.717, 1.165) is 0 Å². The number of nitriles is 1. The minimum absolute atomic E-state index is 0.00840. The number of benzene rings is 1. The third-order valence-electron chi connectivity index (χ3n) is 2.99. The van der Waals surface area contributed by atoms with Crippen LogP contribution in [-0.4, -0.2) is 20.5 Å². The highest BCUT2D eigenvalue weighted by Gasteiger charge is 2.31. The Balaban J connectivity index is 3.15. The molecule has 0 spiro atoms. The second kappa shape index (κ2) is 6.35. The number of rotatable bonds is 6. The molecule has 0 aliphatic rings. The van der Waals surface area contributed by atoms with E-state index in [0.29, 0.717) is 12.3 Å². The van der Waals surface area contributed by atoms with Gasteiger partial charge >= 0.3 is 0 Å². The topological polar surface area (TPSA) is 96.0 Å². The molecule has 20 heavy (non-hydrogen) atoms. The van der Waals surface area contributed by atoms with Crippen LogP contribution in [0.1, 0.15) is 32.8 Å². The molecule has 0 radical (unpaired) electrons. The van der Waals surface area contributed by atoms with Gasteiger partial charge in [0.05, 0.1) is 10.5 Å². The van der Waals surface area contributed by atoms with Crippen LogP contribution in [0, 0.1) is 17.2 Å². The third-order valence-corrected chi connectivity index (χ3v) is 4.68. The van der Waals surface area contributed by atoms with Crippen LogP contribution in [0.4, 0.5) is 0 Å². The molecule has 1 unspecified atom stereocenters. The van der Waals surface area contributed by atoms with Gasteiger partial charge in [0.2, 0.25) is 10.0 Å². The van der Waals surface area contributed by atoms with Crippen molar-refractivity contribution in [2.45, 2.75) is 37.6 Å². The Kier molecular flexibility index (Phi) is 5.28. The number of hydrogen-bond donors (Lipinski definition) is 2. The summed E-state index contributed by atoms with van der Waals surface area (Å²) in [6.07, 6.45) is 0.622. The number of hydrogen-bond acceptors (Lipinski definition) is 4. The Labute approximate surface area is 120 Å². The van der Waals surface area contributed by atoms with Crippen molar-refractivity contribution in [1.29, 1.82) is 5.26 Å². The maximum absolute atomic E-state index is 12.5. The molecule has 0 fully saturated rings. The first-order valence-corrected chi connectivity index (χ1v) is 7.95. The highest BCUT2D eigenvalue weighted by atomic mass is 32.2. The molecule has 6 heteroatoms. The molecule has 0 amide bonds. The van der Waals surface area contributed by atoms with Crippen molar-refractivity contribution in [3.05, 3.63) is 29.8 Å². The lowest BCUT2D eigenvalue weighted by Gasteiger charge is -2.30. The van der Waals surface area contributed by atoms with Crippen LogP contribution in [0.25, 0.3) is 0 Å². The summed E-state index contributed by atoms with van der Waals surface area (Å²) >= 11 is 0. The van der Waals surface area contributed by atoms with Crippen LogP contribution in [-0.2, 0) is 10.0 Å². The first-order valence-electron chi connectivity index (χ1n) is 6.47. The molecular formula is C14H21N3O2S. The molecule has 3 N–H and O–H groups in total. The van der Waals surface area contributed by atoms with Gasteiger partial charge in [0.25, 0.3) is 0 Å². The number of nitrogens with zero attached hydrogens (tertiary/aromatic N) is 1. The van der Waals surface area contributed by atoms with E-state index in [1.165, 1.54) is 12.1 Å². The zero-order valence-electron chi connectivity index (χ0n) is 12.1. The minimum atomic E-state index is -3.77. The van der Waals surface area contributed by atoms with E-state index in [1.807, 2.05) is 19.9 Å². The molecule has 0 saturated carbocycles. The van der Waals surface area contributed by atoms with E-state index in [9.17, 15) is 8.42 Å². The van der Waals surface area contributed by atoms with Crippen molar-refractivity contribution in [3.63, 3.8) is 0 Å². The lowest BCUT2D eigenvalue weighted by Crippen LogP contribution is -2.52. The van der Waals surface area contributed by atoms with Gasteiger partial charge in [0, 0.05) is 12.1 Å². The Hall–Kier alpha value is -1.42. The summed E-state index contributed by atoms with van der Waals surface area (Å²) in [4.78, 5) is -0.00840. The zero-order valence-corrected chi connectivity index (χ0v) is 12.9. The van der Waals surface area contributed by atoms with Crippen molar-refractivity contribution in [3.8, 4) is 6.07 Å². The minimum Gasteiger partial charge on any atom is -0.329 e. The van der Waals surface area contributed by atoms with Gasteiger partial charge in [0.1, 0.15) is 6.07 Å². The van der Waals surface area contributed by atoms with Crippen molar-refractivity contribution in [2.75, 3.05) is 6.54 Å². The summed E-state index contributed by atoms with van der Waals surface area (Å²) in [6.45, 7) is 5.98. The molecular weight excluding hydrogens is 274 g/mol. The SMILES string of the molecule is CC(C)CC(C)(CN)NS(=O)(=O)c1ccccc1C#N. The predicted molar refractivity (Wildman–Crippen MR) is 78.4 cm³/mol. The second-order valence-electron chi connectivity index (χ2n) is 5.58. The summed E-state index contributed by atoms with van der Waals surface area (Å²) in [6, 6.07) is 8.03. The number of sulfonamides is 1. The first-order chi connectivity index (χ1) is 9.24. The molecule has 0 aliphatic heterocycles. The van der Waals surface area contributed by atoms with Gasteiger partial charge in [-0.05, 0) is 31.4 Å². The molecule has 5 nitrogen and oxygen atoms in total. The molecule has 0 aliphatic carbocycles. The lowest BCUT2D eigenvalue weighted by molar-refractivity contribution is 0.344. The predicted octanol–water partition coefficient (Wildman–Crippen LogP) is 1.60. The van der Waals surface area contributed by atoms with E-state index < -0.39 is 15.6 Å². The van der Waals surface area contributed by atoms with Crippen LogP contribution in [0.15, 0.2) is 29.2 Å². The van der Waals surface area contributed by atoms with Crippen LogP contribution in [0.3, 0.4) is 0 Å². The van der Waals surface area contributed by atoms with E-state index in [-0.39, 0.29) is 17.0 Å². The Morgan fingerprint density at radius 1 is 1.40 bits per heavy atom. The zero-order chi connectivity index (χ0) is 15.4. The molecule has 1 atom stereocenters. The van der Waals surface area contributed by atoms with Gasteiger partial charge in [-0.1, -0.05) is 26.0 Å². The highest BCUT2D eigenvalue weighted by molar-refractivity contribution is 7.89. The molecule has 0 bridgehead atoms. The summed E-state index contributed by atoms with van der Waals surface area (Å²) < 4.78 is 27.5. The van der Waals surface area contributed by atoms with Gasteiger partial charge < -0.3 is 5.73 Å². The van der Waals surface area contributed by atoms with E-state index in [2.05, 4.69) is 4.72 Å². The largest absolute Gasteiger partial charge is 0.329 e. The van der Waals surface area contributed by atoms with Crippen molar-refractivity contribution >= 4 is 10.0 Å². The highest BCUT2D eigenvalue weighted by Crippen LogP contribution is 2.21. The molecule has 0 saturated heterocycles. The van der Waals surface area contributed by atoms with Crippen molar-refractivity contribution < 1.29 is 8.42 Å². The lowest BCUT2D eigenvalue weighted by atomic mass is 9.92. The van der Waals surface area contributed by atoms with Crippen LogP contribution in [0.2, 0.25) is 0 Å². The fourth-order valence-electron chi connectivity index (χ4n) is 2.24. The molecule has 0 aromatic heterocycles. The summed E-state index contributed by atoms with van der Waals surface area (Å²) in [5.74, 6) is 0.303. The van der Waals surface area contributed by atoms with Gasteiger partial charge in [-0.3, -0.25) is 0 Å². The summed E-state index contributed by atoms with van der Waals surface area (Å²) in [7, 11) is -3.77. The number of nitrogens with two attached hydrogens (primary N) is 1. The summed E-state index contributed by atoms with van der Waals surface area (Å²) in [5, 5.41) is 9.02. The van der Waals surface area contributed by atoms with E-state index >= 15 is 0 Å². The Morgan fingerprint density at radius 3 is 2.50 bits per heavy atom. The monoisotopic (exact) mass is 295 g/mol.